The molecule has 0 fully saturated rings. The van der Waals surface area contributed by atoms with E-state index < -0.39 is 0 Å². The SMILES string of the molecule is O=C(NCc1csc(=O)[nH]1)c1cc(Br)ccc1I. The number of H-pyrrole nitrogens is 1. The molecule has 2 aromatic rings. The highest BCUT2D eigenvalue weighted by Gasteiger charge is 2.10. The number of benzene rings is 1. The van der Waals surface area contributed by atoms with Crippen LogP contribution in [0.1, 0.15) is 16.1 Å². The zero-order valence-corrected chi connectivity index (χ0v) is 13.6. The lowest BCUT2D eigenvalue weighted by molar-refractivity contribution is 0.0949. The minimum absolute atomic E-state index is 0.115. The van der Waals surface area contributed by atoms with Crippen LogP contribution in [-0.4, -0.2) is 10.9 Å². The average molecular weight is 439 g/mol. The number of halogens is 2. The predicted molar refractivity (Wildman–Crippen MR) is 83.0 cm³/mol. The molecule has 1 aromatic heterocycles. The number of aromatic amines is 1. The Morgan fingerprint density at radius 3 is 2.94 bits per heavy atom. The van der Waals surface area contributed by atoms with Crippen LogP contribution in [0, 0.1) is 3.57 Å². The first-order valence-corrected chi connectivity index (χ1v) is 7.71. The summed E-state index contributed by atoms with van der Waals surface area (Å²) in [5.74, 6) is -0.159. The maximum Gasteiger partial charge on any atom is 0.304 e. The molecule has 0 spiro atoms. The molecule has 1 amide bonds. The molecule has 0 atom stereocenters. The fraction of sp³-hybridized carbons (Fsp3) is 0.0909. The second-order valence-corrected chi connectivity index (χ2v) is 6.40. The third-order valence-electron chi connectivity index (χ3n) is 2.18. The lowest BCUT2D eigenvalue weighted by Crippen LogP contribution is -2.24. The van der Waals surface area contributed by atoms with Crippen molar-refractivity contribution in [1.29, 1.82) is 0 Å². The van der Waals surface area contributed by atoms with Gasteiger partial charge < -0.3 is 10.3 Å². The number of thiazole rings is 1. The molecule has 0 aliphatic rings. The van der Waals surface area contributed by atoms with E-state index >= 15 is 0 Å². The number of aromatic nitrogens is 1. The Balaban J connectivity index is 2.08. The molecule has 0 aliphatic carbocycles. The number of hydrogen-bond donors (Lipinski definition) is 2. The summed E-state index contributed by atoms with van der Waals surface area (Å²) in [7, 11) is 0. The molecule has 0 saturated carbocycles. The summed E-state index contributed by atoms with van der Waals surface area (Å²) < 4.78 is 1.74. The van der Waals surface area contributed by atoms with Crippen LogP contribution < -0.4 is 10.2 Å². The highest BCUT2D eigenvalue weighted by molar-refractivity contribution is 14.1. The van der Waals surface area contributed by atoms with E-state index in [0.29, 0.717) is 17.8 Å². The Hall–Kier alpha value is -0.670. The van der Waals surface area contributed by atoms with Gasteiger partial charge in [0.2, 0.25) is 0 Å². The number of rotatable bonds is 3. The summed E-state index contributed by atoms with van der Waals surface area (Å²) in [5.41, 5.74) is 1.32. The fourth-order valence-corrected chi connectivity index (χ4v) is 2.87. The van der Waals surface area contributed by atoms with Crippen molar-refractivity contribution in [3.05, 3.63) is 52.5 Å². The van der Waals surface area contributed by atoms with Gasteiger partial charge in [-0.25, -0.2) is 0 Å². The molecule has 0 unspecified atom stereocenters. The lowest BCUT2D eigenvalue weighted by Gasteiger charge is -2.06. The second-order valence-electron chi connectivity index (χ2n) is 3.48. The fourth-order valence-electron chi connectivity index (χ4n) is 1.34. The summed E-state index contributed by atoms with van der Waals surface area (Å²) in [5, 5.41) is 4.47. The Morgan fingerprint density at radius 2 is 2.28 bits per heavy atom. The van der Waals surface area contributed by atoms with Gasteiger partial charge in [-0.15, -0.1) is 0 Å². The minimum atomic E-state index is -0.159. The lowest BCUT2D eigenvalue weighted by atomic mass is 10.2. The molecule has 1 aromatic carbocycles. The van der Waals surface area contributed by atoms with E-state index in [0.717, 1.165) is 19.4 Å². The molecule has 94 valence electrons. The molecule has 0 radical (unpaired) electrons. The summed E-state index contributed by atoms with van der Waals surface area (Å²) in [6.45, 7) is 0.320. The van der Waals surface area contributed by atoms with Gasteiger partial charge in [-0.2, -0.15) is 0 Å². The zero-order valence-electron chi connectivity index (χ0n) is 9.00. The monoisotopic (exact) mass is 438 g/mol. The van der Waals surface area contributed by atoms with E-state index in [-0.39, 0.29) is 10.8 Å². The van der Waals surface area contributed by atoms with Crippen LogP contribution in [0.4, 0.5) is 0 Å². The van der Waals surface area contributed by atoms with E-state index in [4.69, 9.17) is 0 Å². The number of carbonyl (C=O) groups excluding carboxylic acids is 1. The molecule has 0 saturated heterocycles. The van der Waals surface area contributed by atoms with Crippen molar-refractivity contribution >= 4 is 55.8 Å². The molecule has 2 N–H and O–H groups in total. The van der Waals surface area contributed by atoms with Crippen molar-refractivity contribution in [2.45, 2.75) is 6.54 Å². The van der Waals surface area contributed by atoms with Gasteiger partial charge in [0.1, 0.15) is 0 Å². The smallest absolute Gasteiger partial charge is 0.304 e. The molecule has 18 heavy (non-hydrogen) atoms. The zero-order chi connectivity index (χ0) is 13.1. The van der Waals surface area contributed by atoms with Gasteiger partial charge in [0, 0.05) is 19.1 Å². The quantitative estimate of drug-likeness (QED) is 0.724. The molecular weight excluding hydrogens is 431 g/mol. The predicted octanol–water partition coefficient (Wildman–Crippen LogP) is 2.73. The minimum Gasteiger partial charge on any atom is -0.346 e. The van der Waals surface area contributed by atoms with Gasteiger partial charge >= 0.3 is 4.87 Å². The van der Waals surface area contributed by atoms with Crippen molar-refractivity contribution < 1.29 is 4.79 Å². The topological polar surface area (TPSA) is 62.0 Å². The maximum atomic E-state index is 12.0. The van der Waals surface area contributed by atoms with Gasteiger partial charge in [0.05, 0.1) is 12.1 Å². The van der Waals surface area contributed by atoms with Crippen LogP contribution in [0.2, 0.25) is 0 Å². The third-order valence-corrected chi connectivity index (χ3v) is 4.34. The van der Waals surface area contributed by atoms with E-state index in [1.54, 1.807) is 11.4 Å². The summed E-state index contributed by atoms with van der Waals surface area (Å²) >= 11 is 6.53. The Morgan fingerprint density at radius 1 is 1.50 bits per heavy atom. The summed E-state index contributed by atoms with van der Waals surface area (Å²) in [6, 6.07) is 5.52. The van der Waals surface area contributed by atoms with E-state index in [9.17, 15) is 9.59 Å². The molecule has 0 bridgehead atoms. The van der Waals surface area contributed by atoms with Crippen LogP contribution in [0.3, 0.4) is 0 Å². The third kappa shape index (κ3) is 3.42. The summed E-state index contributed by atoms with van der Waals surface area (Å²) in [6.07, 6.45) is 0. The van der Waals surface area contributed by atoms with Gasteiger partial charge in [0.15, 0.2) is 0 Å². The van der Waals surface area contributed by atoms with Crippen molar-refractivity contribution in [2.75, 3.05) is 0 Å². The first-order valence-electron chi connectivity index (χ1n) is 4.96. The van der Waals surface area contributed by atoms with Gasteiger partial charge in [0.25, 0.3) is 5.91 Å². The molecule has 7 heteroatoms. The number of hydrogen-bond acceptors (Lipinski definition) is 3. The molecule has 0 aliphatic heterocycles. The normalized spacial score (nSPS) is 10.3. The van der Waals surface area contributed by atoms with Crippen LogP contribution in [0.15, 0.2) is 32.8 Å². The summed E-state index contributed by atoms with van der Waals surface area (Å²) in [4.78, 5) is 25.5. The van der Waals surface area contributed by atoms with Crippen molar-refractivity contribution in [1.82, 2.24) is 10.3 Å². The van der Waals surface area contributed by atoms with Crippen LogP contribution in [0.5, 0.6) is 0 Å². The highest BCUT2D eigenvalue weighted by Crippen LogP contribution is 2.18. The van der Waals surface area contributed by atoms with Gasteiger partial charge in [-0.1, -0.05) is 27.3 Å². The average Bonchev–Trinajstić information content (AvgIpc) is 2.75. The van der Waals surface area contributed by atoms with Crippen molar-refractivity contribution in [2.24, 2.45) is 0 Å². The molecule has 2 rings (SSSR count). The number of amides is 1. The van der Waals surface area contributed by atoms with E-state index in [2.05, 4.69) is 48.8 Å². The highest BCUT2D eigenvalue weighted by atomic mass is 127. The van der Waals surface area contributed by atoms with Crippen LogP contribution in [0.25, 0.3) is 0 Å². The Kier molecular flexibility index (Phi) is 4.57. The van der Waals surface area contributed by atoms with E-state index in [1.165, 1.54) is 0 Å². The second kappa shape index (κ2) is 5.98. The van der Waals surface area contributed by atoms with Gasteiger partial charge in [-0.3, -0.25) is 9.59 Å². The van der Waals surface area contributed by atoms with Gasteiger partial charge in [-0.05, 0) is 40.8 Å². The molecule has 1 heterocycles. The van der Waals surface area contributed by atoms with Crippen LogP contribution in [-0.2, 0) is 6.54 Å². The standard InChI is InChI=1S/C11H8BrIN2O2S/c12-6-1-2-9(13)8(3-6)10(16)14-4-7-5-18-11(17)15-7/h1-3,5H,4H2,(H,14,16)(H,15,17). The first kappa shape index (κ1) is 13.8. The number of carbonyl (C=O) groups is 1. The largest absolute Gasteiger partial charge is 0.346 e. The Labute approximate surface area is 129 Å². The number of nitrogens with one attached hydrogen (secondary N) is 2. The van der Waals surface area contributed by atoms with Crippen LogP contribution >= 0.6 is 49.9 Å². The van der Waals surface area contributed by atoms with Crippen molar-refractivity contribution in [3.8, 4) is 0 Å². The molecule has 4 nitrogen and oxygen atoms in total. The maximum absolute atomic E-state index is 12.0. The molecular formula is C11H8BrIN2O2S. The van der Waals surface area contributed by atoms with Crippen molar-refractivity contribution in [3.63, 3.8) is 0 Å². The Bertz CT molecular complexity index is 638. The van der Waals surface area contributed by atoms with E-state index in [1.807, 2.05) is 12.1 Å². The first-order chi connectivity index (χ1) is 8.56.